The fraction of sp³-hybridized carbons (Fsp3) is 0.462. The summed E-state index contributed by atoms with van der Waals surface area (Å²) in [7, 11) is 5.49. The minimum absolute atomic E-state index is 0.229. The van der Waals surface area contributed by atoms with Crippen LogP contribution in [0.25, 0.3) is 11.0 Å². The third-order valence-electron chi connectivity index (χ3n) is 3.38. The molecule has 0 aliphatic rings. The summed E-state index contributed by atoms with van der Waals surface area (Å²) in [6, 6.07) is 3.42. The number of nitrogens with one attached hydrogen (secondary N) is 1. The number of fused-ring (bicyclic) bond motifs is 1. The number of imidazole rings is 1. The highest BCUT2D eigenvalue weighted by atomic mass is 32.1. The first kappa shape index (κ1) is 14.0. The van der Waals surface area contributed by atoms with Gasteiger partial charge in [-0.15, -0.1) is 0 Å². The summed E-state index contributed by atoms with van der Waals surface area (Å²) in [4.78, 5) is 5.14. The summed E-state index contributed by atoms with van der Waals surface area (Å²) in [5, 5.41) is 0. The summed E-state index contributed by atoms with van der Waals surface area (Å²) < 4.78 is 21.2. The van der Waals surface area contributed by atoms with Gasteiger partial charge in [0.1, 0.15) is 0 Å². The Kier molecular flexibility index (Phi) is 3.91. The molecule has 0 saturated heterocycles. The zero-order valence-electron chi connectivity index (χ0n) is 11.5. The third-order valence-corrected chi connectivity index (χ3v) is 3.70. The molecule has 0 aliphatic heterocycles. The van der Waals surface area contributed by atoms with Gasteiger partial charge in [-0.1, -0.05) is 0 Å². The van der Waals surface area contributed by atoms with E-state index >= 15 is 0 Å². The lowest BCUT2D eigenvalue weighted by atomic mass is 10.2. The Bertz CT molecular complexity index is 647. The smallest absolute Gasteiger partial charge is 0.178 e. The Morgan fingerprint density at radius 2 is 2.16 bits per heavy atom. The number of aromatic nitrogens is 2. The van der Waals surface area contributed by atoms with E-state index in [2.05, 4.69) is 16.8 Å². The number of aromatic amines is 1. The molecule has 2 rings (SSSR count). The maximum Gasteiger partial charge on any atom is 0.178 e. The Morgan fingerprint density at radius 1 is 1.47 bits per heavy atom. The fourth-order valence-electron chi connectivity index (χ4n) is 1.92. The van der Waals surface area contributed by atoms with Crippen molar-refractivity contribution in [3.8, 4) is 5.75 Å². The number of rotatable bonds is 4. The van der Waals surface area contributed by atoms with E-state index in [1.54, 1.807) is 6.07 Å². The van der Waals surface area contributed by atoms with Gasteiger partial charge in [0.05, 0.1) is 18.1 Å². The first-order chi connectivity index (χ1) is 8.93. The molecule has 1 aromatic heterocycles. The summed E-state index contributed by atoms with van der Waals surface area (Å²) in [6.45, 7) is 2.85. The van der Waals surface area contributed by atoms with Crippen LogP contribution in [0.5, 0.6) is 5.75 Å². The standard InChI is InChI=1S/C13H18FN3OS/c1-8(16(2)3)7-17-11-6-12(18-4)9(14)5-10(11)15-13(17)19/h5-6,8H,7H2,1-4H3,(H,15,19). The number of hydrogen-bond acceptors (Lipinski definition) is 3. The maximum absolute atomic E-state index is 13.7. The number of H-pyrrole nitrogens is 1. The van der Waals surface area contributed by atoms with Crippen LogP contribution < -0.4 is 4.74 Å². The molecule has 2 aromatic rings. The van der Waals surface area contributed by atoms with E-state index in [-0.39, 0.29) is 11.6 Å². The van der Waals surface area contributed by atoms with Gasteiger partial charge in [0, 0.05) is 24.7 Å². The van der Waals surface area contributed by atoms with Gasteiger partial charge in [0.15, 0.2) is 16.3 Å². The number of benzene rings is 1. The highest BCUT2D eigenvalue weighted by molar-refractivity contribution is 7.71. The quantitative estimate of drug-likeness (QED) is 0.876. The SMILES string of the molecule is COc1cc2c(cc1F)[nH]c(=S)n2CC(C)N(C)C. The Morgan fingerprint density at radius 3 is 2.74 bits per heavy atom. The van der Waals surface area contributed by atoms with Gasteiger partial charge in [0.2, 0.25) is 0 Å². The monoisotopic (exact) mass is 283 g/mol. The summed E-state index contributed by atoms with van der Waals surface area (Å²) in [5.74, 6) is -0.160. The fourth-order valence-corrected chi connectivity index (χ4v) is 2.21. The molecule has 1 unspecified atom stereocenters. The van der Waals surface area contributed by atoms with Gasteiger partial charge >= 0.3 is 0 Å². The van der Waals surface area contributed by atoms with Crippen molar-refractivity contribution in [1.82, 2.24) is 14.5 Å². The topological polar surface area (TPSA) is 33.2 Å². The van der Waals surface area contributed by atoms with Crippen molar-refractivity contribution >= 4 is 23.3 Å². The molecule has 19 heavy (non-hydrogen) atoms. The number of ether oxygens (including phenoxy) is 1. The minimum Gasteiger partial charge on any atom is -0.494 e. The average molecular weight is 283 g/mol. The van der Waals surface area contributed by atoms with Crippen molar-refractivity contribution in [2.75, 3.05) is 21.2 Å². The molecule has 1 N–H and O–H groups in total. The second kappa shape index (κ2) is 5.30. The maximum atomic E-state index is 13.7. The molecule has 0 amide bonds. The van der Waals surface area contributed by atoms with Crippen LogP contribution in [0.3, 0.4) is 0 Å². The van der Waals surface area contributed by atoms with E-state index in [1.165, 1.54) is 13.2 Å². The highest BCUT2D eigenvalue weighted by Gasteiger charge is 2.13. The lowest BCUT2D eigenvalue weighted by Gasteiger charge is -2.20. The summed E-state index contributed by atoms with van der Waals surface area (Å²) in [5.41, 5.74) is 1.55. The van der Waals surface area contributed by atoms with Crippen LogP contribution in [0, 0.1) is 10.6 Å². The van der Waals surface area contributed by atoms with Crippen molar-refractivity contribution < 1.29 is 9.13 Å². The molecule has 0 radical (unpaired) electrons. The number of nitrogens with zero attached hydrogens (tertiary/aromatic N) is 2. The van der Waals surface area contributed by atoms with Crippen LogP contribution >= 0.6 is 12.2 Å². The van der Waals surface area contributed by atoms with Crippen LogP contribution in [0.4, 0.5) is 4.39 Å². The normalized spacial score (nSPS) is 13.2. The summed E-state index contributed by atoms with van der Waals surface area (Å²) in [6.07, 6.45) is 0. The Labute approximate surface area is 116 Å². The molecule has 1 heterocycles. The van der Waals surface area contributed by atoms with Crippen molar-refractivity contribution in [3.05, 3.63) is 22.7 Å². The van der Waals surface area contributed by atoms with Crippen molar-refractivity contribution in [2.24, 2.45) is 0 Å². The average Bonchev–Trinajstić information content (AvgIpc) is 2.64. The van der Waals surface area contributed by atoms with Crippen molar-refractivity contribution in [1.29, 1.82) is 0 Å². The van der Waals surface area contributed by atoms with E-state index in [0.717, 1.165) is 12.1 Å². The largest absolute Gasteiger partial charge is 0.494 e. The number of methoxy groups -OCH3 is 1. The van der Waals surface area contributed by atoms with Crippen LogP contribution in [0.2, 0.25) is 0 Å². The van der Waals surface area contributed by atoms with Crippen molar-refractivity contribution in [3.63, 3.8) is 0 Å². The number of likely N-dealkylation sites (N-methyl/N-ethyl adjacent to an activating group) is 1. The van der Waals surface area contributed by atoms with Crippen LogP contribution in [0.15, 0.2) is 12.1 Å². The second-order valence-electron chi connectivity index (χ2n) is 4.86. The van der Waals surface area contributed by atoms with E-state index in [9.17, 15) is 4.39 Å². The molecule has 1 atom stereocenters. The van der Waals surface area contributed by atoms with Crippen LogP contribution in [-0.4, -0.2) is 41.7 Å². The van der Waals surface area contributed by atoms with E-state index in [0.29, 0.717) is 16.3 Å². The molecule has 0 bridgehead atoms. The van der Waals surface area contributed by atoms with Gasteiger partial charge in [-0.3, -0.25) is 0 Å². The van der Waals surface area contributed by atoms with Gasteiger partial charge in [-0.25, -0.2) is 4.39 Å². The molecule has 1 aromatic carbocycles. The lowest BCUT2D eigenvalue weighted by Crippen LogP contribution is -2.29. The first-order valence-corrected chi connectivity index (χ1v) is 6.47. The lowest BCUT2D eigenvalue weighted by molar-refractivity contribution is 0.285. The molecule has 4 nitrogen and oxygen atoms in total. The van der Waals surface area contributed by atoms with E-state index < -0.39 is 0 Å². The molecule has 104 valence electrons. The zero-order valence-corrected chi connectivity index (χ0v) is 12.3. The third kappa shape index (κ3) is 2.64. The first-order valence-electron chi connectivity index (χ1n) is 6.06. The molecular formula is C13H18FN3OS. The van der Waals surface area contributed by atoms with Crippen LogP contribution in [-0.2, 0) is 6.54 Å². The molecule has 0 saturated carbocycles. The number of halogens is 1. The van der Waals surface area contributed by atoms with Gasteiger partial charge in [-0.05, 0) is 33.2 Å². The summed E-state index contributed by atoms with van der Waals surface area (Å²) >= 11 is 5.31. The van der Waals surface area contributed by atoms with Crippen molar-refractivity contribution in [2.45, 2.75) is 19.5 Å². The zero-order chi connectivity index (χ0) is 14.2. The molecule has 0 spiro atoms. The second-order valence-corrected chi connectivity index (χ2v) is 5.24. The van der Waals surface area contributed by atoms with Gasteiger partial charge in [0.25, 0.3) is 0 Å². The van der Waals surface area contributed by atoms with Gasteiger partial charge in [-0.2, -0.15) is 0 Å². The Hall–Kier alpha value is -1.40. The predicted molar refractivity (Wildman–Crippen MR) is 76.8 cm³/mol. The molecule has 0 fully saturated rings. The van der Waals surface area contributed by atoms with E-state index in [4.69, 9.17) is 17.0 Å². The van der Waals surface area contributed by atoms with Gasteiger partial charge < -0.3 is 19.2 Å². The Balaban J connectivity index is 2.54. The number of hydrogen-bond donors (Lipinski definition) is 1. The predicted octanol–water partition coefficient (Wildman–Crippen LogP) is 2.80. The molecule has 6 heteroatoms. The molecular weight excluding hydrogens is 265 g/mol. The van der Waals surface area contributed by atoms with Crippen LogP contribution in [0.1, 0.15) is 6.92 Å². The molecule has 0 aliphatic carbocycles. The van der Waals surface area contributed by atoms with E-state index in [1.807, 2.05) is 18.7 Å². The minimum atomic E-state index is -0.390. The highest BCUT2D eigenvalue weighted by Crippen LogP contribution is 2.24.